The topological polar surface area (TPSA) is 47.6 Å². The molecule has 0 aromatic heterocycles. The van der Waals surface area contributed by atoms with Crippen LogP contribution in [-0.2, 0) is 0 Å². The van der Waals surface area contributed by atoms with Gasteiger partial charge in [-0.05, 0) is 12.8 Å². The van der Waals surface area contributed by atoms with Crippen molar-refractivity contribution in [3.8, 4) is 12.1 Å². The number of hydrogen-bond donors (Lipinski definition) is 0. The lowest BCUT2D eigenvalue weighted by Crippen LogP contribution is -1.92. The van der Waals surface area contributed by atoms with Crippen molar-refractivity contribution in [2.45, 2.75) is 19.3 Å². The van der Waals surface area contributed by atoms with Gasteiger partial charge >= 0.3 is 0 Å². The predicted molar refractivity (Wildman–Crippen MR) is 33.9 cm³/mol. The normalized spacial score (nSPS) is 11.4. The molecule has 2 nitrogen and oxygen atoms in total. The molecule has 0 rings (SSSR count). The molecule has 0 N–H and O–H groups in total. The third kappa shape index (κ3) is 3.55. The molecule has 1 unspecified atom stereocenters. The Balaban J connectivity index is 3.37. The summed E-state index contributed by atoms with van der Waals surface area (Å²) in [6.07, 6.45) is 1.74. The molecule has 0 heterocycles. The van der Waals surface area contributed by atoms with Gasteiger partial charge in [0, 0.05) is 12.3 Å². The molecule has 1 atom stereocenters. The monoisotopic (exact) mass is 121 g/mol. The molecule has 2 heteroatoms. The molecule has 0 amide bonds. The van der Waals surface area contributed by atoms with E-state index in [2.05, 4.69) is 13.0 Å². The fourth-order valence-electron chi connectivity index (χ4n) is 0.512. The van der Waals surface area contributed by atoms with Crippen LogP contribution < -0.4 is 0 Å². The smallest absolute Gasteiger partial charge is 0.0656 e. The van der Waals surface area contributed by atoms with Crippen LogP contribution in [0.1, 0.15) is 19.3 Å². The standard InChI is InChI=1S/C7H9N2/c1-2-7(6-9)4-3-5-8/h7H,1-4H2. The average Bonchev–Trinajstić information content (AvgIpc) is 1.91. The number of hydrogen-bond acceptors (Lipinski definition) is 2. The summed E-state index contributed by atoms with van der Waals surface area (Å²) in [5.41, 5.74) is 0. The van der Waals surface area contributed by atoms with Crippen LogP contribution in [-0.4, -0.2) is 0 Å². The summed E-state index contributed by atoms with van der Waals surface area (Å²) in [7, 11) is 0. The Morgan fingerprint density at radius 1 is 1.44 bits per heavy atom. The molecular weight excluding hydrogens is 112 g/mol. The van der Waals surface area contributed by atoms with Crippen LogP contribution in [0.5, 0.6) is 0 Å². The molecule has 0 spiro atoms. The van der Waals surface area contributed by atoms with E-state index in [-0.39, 0.29) is 5.92 Å². The van der Waals surface area contributed by atoms with Crippen LogP contribution >= 0.6 is 0 Å². The minimum atomic E-state index is -0.0235. The van der Waals surface area contributed by atoms with Crippen LogP contribution in [0.4, 0.5) is 0 Å². The highest BCUT2D eigenvalue weighted by atomic mass is 14.3. The molecular formula is C7H9N2. The van der Waals surface area contributed by atoms with E-state index in [1.54, 1.807) is 0 Å². The second-order valence-electron chi connectivity index (χ2n) is 1.81. The minimum Gasteiger partial charge on any atom is -0.198 e. The fourth-order valence-corrected chi connectivity index (χ4v) is 0.512. The van der Waals surface area contributed by atoms with Crippen LogP contribution in [0.3, 0.4) is 0 Å². The van der Waals surface area contributed by atoms with Gasteiger partial charge in [-0.15, -0.1) is 0 Å². The zero-order chi connectivity index (χ0) is 7.11. The van der Waals surface area contributed by atoms with Crippen LogP contribution in [0, 0.1) is 35.5 Å². The van der Waals surface area contributed by atoms with E-state index < -0.39 is 0 Å². The second kappa shape index (κ2) is 5.12. The van der Waals surface area contributed by atoms with E-state index in [1.165, 1.54) is 0 Å². The molecule has 0 aromatic rings. The molecule has 9 heavy (non-hydrogen) atoms. The maximum Gasteiger partial charge on any atom is 0.0656 e. The molecule has 0 fully saturated rings. The highest BCUT2D eigenvalue weighted by Gasteiger charge is 2.01. The molecule has 0 aromatic carbocycles. The first-order valence-corrected chi connectivity index (χ1v) is 2.91. The minimum absolute atomic E-state index is 0.0235. The summed E-state index contributed by atoms with van der Waals surface area (Å²) < 4.78 is 0. The maximum absolute atomic E-state index is 8.35. The maximum atomic E-state index is 8.35. The van der Waals surface area contributed by atoms with Gasteiger partial charge in [-0.25, -0.2) is 0 Å². The molecule has 1 radical (unpaired) electrons. The third-order valence-electron chi connectivity index (χ3n) is 1.14. The van der Waals surface area contributed by atoms with Gasteiger partial charge < -0.3 is 0 Å². The summed E-state index contributed by atoms with van der Waals surface area (Å²) in [5.74, 6) is -0.0235. The van der Waals surface area contributed by atoms with Gasteiger partial charge in [0.2, 0.25) is 0 Å². The SMILES string of the molecule is [CH2]CC(C#N)CCC#N. The van der Waals surface area contributed by atoms with Gasteiger partial charge in [0.25, 0.3) is 0 Å². The van der Waals surface area contributed by atoms with Gasteiger partial charge in [-0.3, -0.25) is 0 Å². The van der Waals surface area contributed by atoms with Crippen molar-refractivity contribution in [1.82, 2.24) is 0 Å². The fraction of sp³-hybridized carbons (Fsp3) is 0.571. The zero-order valence-electron chi connectivity index (χ0n) is 5.30. The van der Waals surface area contributed by atoms with Crippen LogP contribution in [0.25, 0.3) is 0 Å². The van der Waals surface area contributed by atoms with E-state index in [4.69, 9.17) is 10.5 Å². The van der Waals surface area contributed by atoms with Crippen molar-refractivity contribution in [3.63, 3.8) is 0 Å². The first-order chi connectivity index (χ1) is 4.35. The van der Waals surface area contributed by atoms with Crippen molar-refractivity contribution < 1.29 is 0 Å². The number of nitrogens with zero attached hydrogens (tertiary/aromatic N) is 2. The summed E-state index contributed by atoms with van der Waals surface area (Å²) in [4.78, 5) is 0. The Morgan fingerprint density at radius 3 is 2.44 bits per heavy atom. The van der Waals surface area contributed by atoms with Crippen LogP contribution in [0.2, 0.25) is 0 Å². The van der Waals surface area contributed by atoms with E-state index in [1.807, 2.05) is 6.07 Å². The van der Waals surface area contributed by atoms with Crippen molar-refractivity contribution in [2.24, 2.45) is 5.92 Å². The molecule has 0 aliphatic carbocycles. The Kier molecular flexibility index (Phi) is 4.54. The van der Waals surface area contributed by atoms with Crippen molar-refractivity contribution in [3.05, 3.63) is 6.92 Å². The summed E-state index contributed by atoms with van der Waals surface area (Å²) >= 11 is 0. The zero-order valence-corrected chi connectivity index (χ0v) is 5.30. The van der Waals surface area contributed by atoms with Gasteiger partial charge in [0.15, 0.2) is 0 Å². The molecule has 0 aliphatic heterocycles. The Bertz CT molecular complexity index is 138. The van der Waals surface area contributed by atoms with E-state index >= 15 is 0 Å². The first-order valence-electron chi connectivity index (χ1n) is 2.91. The van der Waals surface area contributed by atoms with Gasteiger partial charge in [0.05, 0.1) is 12.1 Å². The molecule has 47 valence electrons. The Labute approximate surface area is 55.7 Å². The third-order valence-corrected chi connectivity index (χ3v) is 1.14. The Morgan fingerprint density at radius 2 is 2.11 bits per heavy atom. The molecule has 0 saturated heterocycles. The van der Waals surface area contributed by atoms with Crippen molar-refractivity contribution in [2.75, 3.05) is 0 Å². The summed E-state index contributed by atoms with van der Waals surface area (Å²) in [5, 5.41) is 16.5. The van der Waals surface area contributed by atoms with Gasteiger partial charge in [0.1, 0.15) is 0 Å². The molecule has 0 saturated carbocycles. The molecule has 0 aliphatic rings. The second-order valence-corrected chi connectivity index (χ2v) is 1.81. The summed E-state index contributed by atoms with van der Waals surface area (Å²) in [6.45, 7) is 3.58. The highest BCUT2D eigenvalue weighted by molar-refractivity contribution is 4.85. The van der Waals surface area contributed by atoms with Crippen molar-refractivity contribution >= 4 is 0 Å². The van der Waals surface area contributed by atoms with E-state index in [9.17, 15) is 0 Å². The quantitative estimate of drug-likeness (QED) is 0.570. The molecule has 0 bridgehead atoms. The lowest BCUT2D eigenvalue weighted by Gasteiger charge is -1.98. The van der Waals surface area contributed by atoms with Crippen LogP contribution in [0.15, 0.2) is 0 Å². The first kappa shape index (κ1) is 7.98. The number of rotatable bonds is 3. The highest BCUT2D eigenvalue weighted by Crippen LogP contribution is 2.07. The lowest BCUT2D eigenvalue weighted by molar-refractivity contribution is 0.621. The van der Waals surface area contributed by atoms with E-state index in [0.717, 1.165) is 0 Å². The Hall–Kier alpha value is -1.02. The largest absolute Gasteiger partial charge is 0.198 e. The van der Waals surface area contributed by atoms with Gasteiger partial charge in [-0.2, -0.15) is 10.5 Å². The predicted octanol–water partition coefficient (Wildman–Crippen LogP) is 1.65. The summed E-state index contributed by atoms with van der Waals surface area (Å²) in [6, 6.07) is 4.06. The number of nitriles is 2. The lowest BCUT2D eigenvalue weighted by atomic mass is 10.0. The van der Waals surface area contributed by atoms with Gasteiger partial charge in [-0.1, -0.05) is 6.92 Å². The van der Waals surface area contributed by atoms with Crippen molar-refractivity contribution in [1.29, 1.82) is 10.5 Å². The average molecular weight is 121 g/mol. The van der Waals surface area contributed by atoms with E-state index in [0.29, 0.717) is 19.3 Å².